The van der Waals surface area contributed by atoms with Crippen molar-refractivity contribution < 1.29 is 14.4 Å². The summed E-state index contributed by atoms with van der Waals surface area (Å²) in [6, 6.07) is 0. The van der Waals surface area contributed by atoms with E-state index in [2.05, 4.69) is 10.5 Å². The molecule has 0 amide bonds. The molecular formula is C8H10N2O4. The quantitative estimate of drug-likeness (QED) is 0.608. The first-order chi connectivity index (χ1) is 6.70. The number of aromatic carboxylic acids is 1. The monoisotopic (exact) mass is 198 g/mol. The van der Waals surface area contributed by atoms with E-state index in [1.54, 1.807) is 0 Å². The summed E-state index contributed by atoms with van der Waals surface area (Å²) in [5.74, 6) is -0.991. The molecule has 1 fully saturated rings. The second-order valence-corrected chi connectivity index (χ2v) is 3.27. The van der Waals surface area contributed by atoms with Crippen LogP contribution in [0.2, 0.25) is 0 Å². The molecule has 0 spiro atoms. The SMILES string of the molecule is O=C(O)c1c(C2CCNC2)o[nH]c1=O. The van der Waals surface area contributed by atoms with E-state index in [0.29, 0.717) is 6.54 Å². The molecule has 0 aliphatic carbocycles. The average Bonchev–Trinajstić information content (AvgIpc) is 2.70. The van der Waals surface area contributed by atoms with Crippen molar-refractivity contribution in [3.05, 3.63) is 21.7 Å². The molecule has 1 unspecified atom stereocenters. The summed E-state index contributed by atoms with van der Waals surface area (Å²) in [5, 5.41) is 13.9. The highest BCUT2D eigenvalue weighted by Crippen LogP contribution is 2.23. The predicted molar refractivity (Wildman–Crippen MR) is 46.5 cm³/mol. The van der Waals surface area contributed by atoms with Gasteiger partial charge in [0.25, 0.3) is 5.56 Å². The molecule has 0 aromatic carbocycles. The van der Waals surface area contributed by atoms with E-state index in [1.165, 1.54) is 0 Å². The van der Waals surface area contributed by atoms with Gasteiger partial charge in [-0.15, -0.1) is 0 Å². The smallest absolute Gasteiger partial charge is 0.345 e. The molecular weight excluding hydrogens is 188 g/mol. The number of rotatable bonds is 2. The molecule has 1 aliphatic heterocycles. The Morgan fingerprint density at radius 3 is 2.93 bits per heavy atom. The summed E-state index contributed by atoms with van der Waals surface area (Å²) in [7, 11) is 0. The number of aromatic nitrogens is 1. The Kier molecular flexibility index (Phi) is 2.12. The fraction of sp³-hybridized carbons (Fsp3) is 0.500. The molecule has 76 valence electrons. The van der Waals surface area contributed by atoms with Gasteiger partial charge in [-0.2, -0.15) is 5.16 Å². The minimum Gasteiger partial charge on any atom is -0.477 e. The zero-order valence-corrected chi connectivity index (χ0v) is 7.37. The van der Waals surface area contributed by atoms with E-state index in [-0.39, 0.29) is 17.2 Å². The average molecular weight is 198 g/mol. The van der Waals surface area contributed by atoms with Crippen molar-refractivity contribution in [2.45, 2.75) is 12.3 Å². The van der Waals surface area contributed by atoms with Crippen molar-refractivity contribution in [2.75, 3.05) is 13.1 Å². The number of carboxylic acid groups (broad SMARTS) is 1. The van der Waals surface area contributed by atoms with Crippen LogP contribution in [0.5, 0.6) is 0 Å². The Labute approximate surface area is 78.9 Å². The molecule has 1 aromatic rings. The van der Waals surface area contributed by atoms with Crippen LogP contribution in [0.1, 0.15) is 28.5 Å². The molecule has 0 radical (unpaired) electrons. The first-order valence-corrected chi connectivity index (χ1v) is 4.35. The molecule has 0 saturated carbocycles. The molecule has 1 saturated heterocycles. The van der Waals surface area contributed by atoms with Crippen molar-refractivity contribution in [3.8, 4) is 0 Å². The molecule has 1 aliphatic rings. The second kappa shape index (κ2) is 3.30. The predicted octanol–water partition coefficient (Wildman–Crippen LogP) is -0.257. The minimum atomic E-state index is -1.23. The Morgan fingerprint density at radius 2 is 2.36 bits per heavy atom. The van der Waals surface area contributed by atoms with Gasteiger partial charge in [-0.25, -0.2) is 4.79 Å². The standard InChI is InChI=1S/C8H10N2O4/c11-7-5(8(12)13)6(14-10-7)4-1-2-9-3-4/h4,9H,1-3H2,(H,10,11)(H,12,13). The van der Waals surface area contributed by atoms with E-state index < -0.39 is 11.5 Å². The van der Waals surface area contributed by atoms with Crippen LogP contribution in [0, 0.1) is 0 Å². The number of H-pyrrole nitrogens is 1. The van der Waals surface area contributed by atoms with Gasteiger partial charge >= 0.3 is 5.97 Å². The lowest BCUT2D eigenvalue weighted by molar-refractivity contribution is 0.0692. The first-order valence-electron chi connectivity index (χ1n) is 4.35. The highest BCUT2D eigenvalue weighted by molar-refractivity contribution is 5.88. The third-order valence-electron chi connectivity index (χ3n) is 2.37. The fourth-order valence-corrected chi connectivity index (χ4v) is 1.68. The molecule has 6 heteroatoms. The largest absolute Gasteiger partial charge is 0.477 e. The first kappa shape index (κ1) is 9.01. The number of nitrogens with one attached hydrogen (secondary N) is 2. The molecule has 2 rings (SSSR count). The maximum Gasteiger partial charge on any atom is 0.345 e. The number of carboxylic acids is 1. The summed E-state index contributed by atoms with van der Waals surface area (Å²) < 4.78 is 4.88. The van der Waals surface area contributed by atoms with Gasteiger partial charge < -0.3 is 14.9 Å². The third-order valence-corrected chi connectivity index (χ3v) is 2.37. The van der Waals surface area contributed by atoms with E-state index in [0.717, 1.165) is 13.0 Å². The summed E-state index contributed by atoms with van der Waals surface area (Å²) in [6.45, 7) is 1.47. The van der Waals surface area contributed by atoms with Crippen LogP contribution in [-0.4, -0.2) is 29.3 Å². The van der Waals surface area contributed by atoms with Crippen molar-refractivity contribution >= 4 is 5.97 Å². The van der Waals surface area contributed by atoms with Gasteiger partial charge in [0.2, 0.25) is 0 Å². The van der Waals surface area contributed by atoms with Crippen LogP contribution in [-0.2, 0) is 0 Å². The summed E-state index contributed by atoms with van der Waals surface area (Å²) in [5.41, 5.74) is -0.932. The lowest BCUT2D eigenvalue weighted by Gasteiger charge is -2.02. The maximum atomic E-state index is 11.1. The normalized spacial score (nSPS) is 21.3. The van der Waals surface area contributed by atoms with Crippen molar-refractivity contribution in [1.29, 1.82) is 0 Å². The lowest BCUT2D eigenvalue weighted by Crippen LogP contribution is -2.15. The highest BCUT2D eigenvalue weighted by atomic mass is 16.5. The van der Waals surface area contributed by atoms with E-state index in [9.17, 15) is 9.59 Å². The van der Waals surface area contributed by atoms with E-state index in [1.807, 2.05) is 0 Å². The molecule has 3 N–H and O–H groups in total. The van der Waals surface area contributed by atoms with Gasteiger partial charge in [-0.3, -0.25) is 4.79 Å². The molecule has 2 heterocycles. The number of aromatic amines is 1. The van der Waals surface area contributed by atoms with E-state index >= 15 is 0 Å². The van der Waals surface area contributed by atoms with Crippen molar-refractivity contribution in [2.24, 2.45) is 0 Å². The molecule has 6 nitrogen and oxygen atoms in total. The van der Waals surface area contributed by atoms with E-state index in [4.69, 9.17) is 9.63 Å². The van der Waals surface area contributed by atoms with Gasteiger partial charge in [0.15, 0.2) is 11.3 Å². The summed E-state index contributed by atoms with van der Waals surface area (Å²) >= 11 is 0. The van der Waals surface area contributed by atoms with Gasteiger partial charge in [0, 0.05) is 12.5 Å². The van der Waals surface area contributed by atoms with Crippen LogP contribution in [0.3, 0.4) is 0 Å². The van der Waals surface area contributed by atoms with Gasteiger partial charge in [0.05, 0.1) is 0 Å². The Morgan fingerprint density at radius 1 is 1.57 bits per heavy atom. The zero-order valence-electron chi connectivity index (χ0n) is 7.37. The number of hydrogen-bond acceptors (Lipinski definition) is 4. The van der Waals surface area contributed by atoms with Gasteiger partial charge in [0.1, 0.15) is 0 Å². The summed E-state index contributed by atoms with van der Waals surface area (Å²) in [6.07, 6.45) is 0.793. The Bertz CT molecular complexity index is 400. The molecule has 0 bridgehead atoms. The van der Waals surface area contributed by atoms with Crippen LogP contribution in [0.15, 0.2) is 9.32 Å². The highest BCUT2D eigenvalue weighted by Gasteiger charge is 2.28. The van der Waals surface area contributed by atoms with Crippen LogP contribution < -0.4 is 10.9 Å². The van der Waals surface area contributed by atoms with Gasteiger partial charge in [-0.05, 0) is 13.0 Å². The second-order valence-electron chi connectivity index (χ2n) is 3.27. The Hall–Kier alpha value is -1.56. The molecule has 1 aromatic heterocycles. The van der Waals surface area contributed by atoms with Crippen molar-refractivity contribution in [1.82, 2.24) is 10.5 Å². The lowest BCUT2D eigenvalue weighted by atomic mass is 10.0. The summed E-state index contributed by atoms with van der Waals surface area (Å²) in [4.78, 5) is 21.8. The Balaban J connectivity index is 2.42. The van der Waals surface area contributed by atoms with Crippen LogP contribution in [0.4, 0.5) is 0 Å². The minimum absolute atomic E-state index is 0.0138. The van der Waals surface area contributed by atoms with Crippen molar-refractivity contribution in [3.63, 3.8) is 0 Å². The maximum absolute atomic E-state index is 11.1. The fourth-order valence-electron chi connectivity index (χ4n) is 1.68. The molecule has 14 heavy (non-hydrogen) atoms. The molecule has 1 atom stereocenters. The zero-order chi connectivity index (χ0) is 10.1. The topological polar surface area (TPSA) is 95.3 Å². The van der Waals surface area contributed by atoms with Crippen LogP contribution in [0.25, 0.3) is 0 Å². The number of carbonyl (C=O) groups is 1. The van der Waals surface area contributed by atoms with Gasteiger partial charge in [-0.1, -0.05) is 0 Å². The third kappa shape index (κ3) is 1.33. The van der Waals surface area contributed by atoms with Crippen LogP contribution >= 0.6 is 0 Å². The number of hydrogen-bond donors (Lipinski definition) is 3.